The average molecular weight is 368 g/mol. The lowest BCUT2D eigenvalue weighted by Gasteiger charge is -2.28. The molecule has 2 atom stereocenters. The fourth-order valence-electron chi connectivity index (χ4n) is 2.92. The Morgan fingerprint density at radius 3 is 2.75 bits per heavy atom. The molecule has 0 radical (unpaired) electrons. The van der Waals surface area contributed by atoms with E-state index in [-0.39, 0.29) is 11.5 Å². The molecule has 0 aliphatic carbocycles. The molecule has 24 heavy (non-hydrogen) atoms. The lowest BCUT2D eigenvalue weighted by atomic mass is 9.98. The van der Waals surface area contributed by atoms with Gasteiger partial charge in [-0.05, 0) is 44.5 Å². The van der Waals surface area contributed by atoms with Gasteiger partial charge in [-0.3, -0.25) is 0 Å². The summed E-state index contributed by atoms with van der Waals surface area (Å²) in [6, 6.07) is 5.54. The highest BCUT2D eigenvalue weighted by molar-refractivity contribution is 7.89. The molecule has 1 aromatic carbocycles. The van der Waals surface area contributed by atoms with Crippen molar-refractivity contribution >= 4 is 31.6 Å². The Kier molecular flexibility index (Phi) is 4.72. The van der Waals surface area contributed by atoms with E-state index in [1.165, 1.54) is 0 Å². The van der Waals surface area contributed by atoms with Gasteiger partial charge in [0.25, 0.3) is 0 Å². The van der Waals surface area contributed by atoms with Crippen LogP contribution in [0, 0.1) is 0 Å². The molecular weight excluding hydrogens is 342 g/mol. The van der Waals surface area contributed by atoms with Crippen LogP contribution in [-0.2, 0) is 15.4 Å². The summed E-state index contributed by atoms with van der Waals surface area (Å²) in [5, 5.41) is 4.36. The quantitative estimate of drug-likeness (QED) is 0.875. The zero-order valence-corrected chi connectivity index (χ0v) is 16.2. The van der Waals surface area contributed by atoms with Crippen LogP contribution in [-0.4, -0.2) is 32.0 Å². The molecule has 0 amide bonds. The molecule has 2 aromatic rings. The number of thiazole rings is 1. The summed E-state index contributed by atoms with van der Waals surface area (Å²) in [6.07, 6.45) is 1.64. The largest absolute Gasteiger partial charge is 0.314 e. The van der Waals surface area contributed by atoms with Crippen molar-refractivity contribution < 1.29 is 8.42 Å². The monoisotopic (exact) mass is 367 g/mol. The minimum atomic E-state index is -3.50. The van der Waals surface area contributed by atoms with Gasteiger partial charge in [0.15, 0.2) is 0 Å². The van der Waals surface area contributed by atoms with Gasteiger partial charge in [-0.2, -0.15) is 0 Å². The van der Waals surface area contributed by atoms with E-state index in [2.05, 4.69) is 42.7 Å². The van der Waals surface area contributed by atoms with E-state index in [1.54, 1.807) is 29.5 Å². The van der Waals surface area contributed by atoms with Crippen LogP contribution in [0.4, 0.5) is 0 Å². The molecule has 132 valence electrons. The normalized spacial score (nSPS) is 22.8. The molecular formula is C17H25N3O2S2. The van der Waals surface area contributed by atoms with Crippen LogP contribution in [0.15, 0.2) is 23.1 Å². The maximum absolute atomic E-state index is 12.7. The first kappa shape index (κ1) is 17.8. The molecule has 2 unspecified atom stereocenters. The minimum absolute atomic E-state index is 0.00598. The van der Waals surface area contributed by atoms with Gasteiger partial charge in [0.05, 0.1) is 20.1 Å². The third-order valence-corrected chi connectivity index (χ3v) is 7.22. The van der Waals surface area contributed by atoms with Crippen LogP contribution >= 0.6 is 11.3 Å². The first-order chi connectivity index (χ1) is 11.1. The number of hydrogen-bond donors (Lipinski definition) is 2. The second-order valence-electron chi connectivity index (χ2n) is 7.60. The number of nitrogens with one attached hydrogen (secondary N) is 2. The molecule has 0 bridgehead atoms. The van der Waals surface area contributed by atoms with Gasteiger partial charge in [-0.1, -0.05) is 20.8 Å². The fraction of sp³-hybridized carbons (Fsp3) is 0.588. The van der Waals surface area contributed by atoms with Gasteiger partial charge >= 0.3 is 0 Å². The number of piperidine rings is 1. The summed E-state index contributed by atoms with van der Waals surface area (Å²) in [6.45, 7) is 9.27. The van der Waals surface area contributed by atoms with Gasteiger partial charge in [-0.25, -0.2) is 18.1 Å². The topological polar surface area (TPSA) is 71.1 Å². The van der Waals surface area contributed by atoms with Crippen LogP contribution in [0.25, 0.3) is 10.2 Å². The van der Waals surface area contributed by atoms with Crippen molar-refractivity contribution in [2.24, 2.45) is 0 Å². The summed E-state index contributed by atoms with van der Waals surface area (Å²) in [5.41, 5.74) is 0.825. The zero-order valence-electron chi connectivity index (χ0n) is 14.6. The molecule has 2 N–H and O–H groups in total. The Morgan fingerprint density at radius 1 is 1.33 bits per heavy atom. The van der Waals surface area contributed by atoms with Gasteiger partial charge in [0.1, 0.15) is 0 Å². The maximum Gasteiger partial charge on any atom is 0.240 e. The molecule has 0 saturated carbocycles. The maximum atomic E-state index is 12.7. The highest BCUT2D eigenvalue weighted by atomic mass is 32.2. The first-order valence-electron chi connectivity index (χ1n) is 8.32. The van der Waals surface area contributed by atoms with Gasteiger partial charge in [0, 0.05) is 17.5 Å². The van der Waals surface area contributed by atoms with Crippen LogP contribution < -0.4 is 10.0 Å². The van der Waals surface area contributed by atoms with Crippen LogP contribution in [0.1, 0.15) is 45.5 Å². The molecule has 3 rings (SSSR count). The number of benzene rings is 1. The summed E-state index contributed by atoms with van der Waals surface area (Å²) in [5.74, 6) is 0. The molecule has 1 aliphatic heterocycles. The number of fused-ring (bicyclic) bond motifs is 1. The van der Waals surface area contributed by atoms with E-state index in [4.69, 9.17) is 0 Å². The minimum Gasteiger partial charge on any atom is -0.314 e. The van der Waals surface area contributed by atoms with Crippen LogP contribution in [0.2, 0.25) is 0 Å². The Labute approximate surface area is 147 Å². The molecule has 1 aliphatic rings. The molecule has 1 fully saturated rings. The number of hydrogen-bond acceptors (Lipinski definition) is 5. The van der Waals surface area contributed by atoms with E-state index in [9.17, 15) is 8.42 Å². The Hall–Kier alpha value is -1.02. The summed E-state index contributed by atoms with van der Waals surface area (Å²) in [4.78, 5) is 4.95. The predicted octanol–water partition coefficient (Wildman–Crippen LogP) is 3.01. The molecule has 7 heteroatoms. The van der Waals surface area contributed by atoms with Crippen molar-refractivity contribution in [2.75, 3.05) is 6.54 Å². The van der Waals surface area contributed by atoms with Crippen LogP contribution in [0.3, 0.4) is 0 Å². The SMILES string of the molecule is CC1CC(NS(=O)(=O)c2ccc3nc(C(C)(C)C)sc3c2)CCN1. The number of sulfonamides is 1. The Bertz CT molecular complexity index is 837. The molecule has 2 heterocycles. The number of rotatable bonds is 3. The smallest absolute Gasteiger partial charge is 0.240 e. The standard InChI is InChI=1S/C17H25N3O2S2/c1-11-9-12(7-8-18-11)20-24(21,22)13-5-6-14-15(10-13)23-16(19-14)17(2,3)4/h5-6,10-12,18,20H,7-9H2,1-4H3. The molecule has 1 saturated heterocycles. The van der Waals surface area contributed by atoms with E-state index < -0.39 is 10.0 Å². The van der Waals surface area contributed by atoms with E-state index >= 15 is 0 Å². The lowest BCUT2D eigenvalue weighted by molar-refractivity contribution is 0.361. The highest BCUT2D eigenvalue weighted by Gasteiger charge is 2.25. The Balaban J connectivity index is 1.87. The van der Waals surface area contributed by atoms with Crippen molar-refractivity contribution in [3.63, 3.8) is 0 Å². The first-order valence-corrected chi connectivity index (χ1v) is 10.6. The van der Waals surface area contributed by atoms with Crippen molar-refractivity contribution in [1.29, 1.82) is 0 Å². The highest BCUT2D eigenvalue weighted by Crippen LogP contribution is 2.32. The predicted molar refractivity (Wildman–Crippen MR) is 99.1 cm³/mol. The third kappa shape index (κ3) is 3.79. The number of aromatic nitrogens is 1. The van der Waals surface area contributed by atoms with Crippen molar-refractivity contribution in [2.45, 2.75) is 62.9 Å². The van der Waals surface area contributed by atoms with Crippen LogP contribution in [0.5, 0.6) is 0 Å². The van der Waals surface area contributed by atoms with E-state index in [0.717, 1.165) is 34.6 Å². The third-order valence-electron chi connectivity index (χ3n) is 4.26. The fourth-order valence-corrected chi connectivity index (χ4v) is 5.37. The molecule has 1 aromatic heterocycles. The summed E-state index contributed by atoms with van der Waals surface area (Å²) >= 11 is 1.57. The van der Waals surface area contributed by atoms with Crippen molar-refractivity contribution in [1.82, 2.24) is 15.0 Å². The lowest BCUT2D eigenvalue weighted by Crippen LogP contribution is -2.46. The second kappa shape index (κ2) is 6.37. The summed E-state index contributed by atoms with van der Waals surface area (Å²) < 4.78 is 29.2. The second-order valence-corrected chi connectivity index (χ2v) is 10.3. The van der Waals surface area contributed by atoms with Crippen molar-refractivity contribution in [3.8, 4) is 0 Å². The molecule has 5 nitrogen and oxygen atoms in total. The van der Waals surface area contributed by atoms with Gasteiger partial charge < -0.3 is 5.32 Å². The Morgan fingerprint density at radius 2 is 2.08 bits per heavy atom. The summed E-state index contributed by atoms with van der Waals surface area (Å²) in [7, 11) is -3.50. The van der Waals surface area contributed by atoms with Crippen molar-refractivity contribution in [3.05, 3.63) is 23.2 Å². The van der Waals surface area contributed by atoms with Gasteiger partial charge in [0.2, 0.25) is 10.0 Å². The van der Waals surface area contributed by atoms with E-state index in [0.29, 0.717) is 10.9 Å². The molecule has 0 spiro atoms. The van der Waals surface area contributed by atoms with E-state index in [1.807, 2.05) is 0 Å². The van der Waals surface area contributed by atoms with Gasteiger partial charge in [-0.15, -0.1) is 11.3 Å². The zero-order chi connectivity index (χ0) is 17.5. The number of nitrogens with zero attached hydrogens (tertiary/aromatic N) is 1. The average Bonchev–Trinajstić information content (AvgIpc) is 2.90.